The fourth-order valence-corrected chi connectivity index (χ4v) is 7.94. The van der Waals surface area contributed by atoms with Gasteiger partial charge in [0.25, 0.3) is 0 Å². The smallest absolute Gasteiger partial charge is 0.238 e. The van der Waals surface area contributed by atoms with Gasteiger partial charge < -0.3 is 4.57 Å². The van der Waals surface area contributed by atoms with Gasteiger partial charge in [-0.05, 0) is 52.6 Å². The molecule has 11 rings (SSSR count). The third-order valence-corrected chi connectivity index (χ3v) is 10.3. The second kappa shape index (κ2) is 11.2. The van der Waals surface area contributed by atoms with E-state index < -0.39 is 0 Å². The minimum atomic E-state index is 0.583. The zero-order chi connectivity index (χ0) is 34.2. The molecule has 0 aliphatic heterocycles. The van der Waals surface area contributed by atoms with Crippen LogP contribution >= 0.6 is 0 Å². The minimum absolute atomic E-state index is 0.583. The van der Waals surface area contributed by atoms with Crippen LogP contribution in [0.3, 0.4) is 0 Å². The highest BCUT2D eigenvalue weighted by atomic mass is 15.2. The van der Waals surface area contributed by atoms with E-state index in [0.717, 1.165) is 49.5 Å². The summed E-state index contributed by atoms with van der Waals surface area (Å²) < 4.78 is 4.64. The number of benzene rings is 8. The SMILES string of the molecule is c1ccc(-c2nc(-c3ccc4ccccc4c3)nc(-n3c4ccccc4c4cc5c(cc43)c3ccc4ccccc4c3n5-c3ccccc3)n2)cc1. The number of fused-ring (bicyclic) bond motifs is 9. The highest BCUT2D eigenvalue weighted by Crippen LogP contribution is 2.41. The van der Waals surface area contributed by atoms with Crippen LogP contribution in [0.4, 0.5) is 0 Å². The first kappa shape index (κ1) is 28.7. The molecule has 0 atom stereocenters. The molecule has 0 aliphatic carbocycles. The van der Waals surface area contributed by atoms with Crippen molar-refractivity contribution >= 4 is 65.2 Å². The Hall–Kier alpha value is -7.11. The lowest BCUT2D eigenvalue weighted by molar-refractivity contribution is 0.954. The fourth-order valence-electron chi connectivity index (χ4n) is 7.94. The van der Waals surface area contributed by atoms with E-state index in [1.807, 2.05) is 18.2 Å². The molecule has 11 aromatic rings. The van der Waals surface area contributed by atoms with E-state index in [0.29, 0.717) is 17.6 Å². The molecule has 0 radical (unpaired) electrons. The van der Waals surface area contributed by atoms with Gasteiger partial charge in [0.15, 0.2) is 11.6 Å². The molecule has 0 fully saturated rings. The first-order chi connectivity index (χ1) is 25.8. The van der Waals surface area contributed by atoms with Crippen molar-refractivity contribution in [3.63, 3.8) is 0 Å². The van der Waals surface area contributed by atoms with Gasteiger partial charge in [-0.1, -0.05) is 140 Å². The van der Waals surface area contributed by atoms with Gasteiger partial charge in [-0.3, -0.25) is 4.57 Å². The lowest BCUT2D eigenvalue weighted by Crippen LogP contribution is -2.06. The molecule has 0 saturated carbocycles. The molecule has 0 bridgehead atoms. The van der Waals surface area contributed by atoms with Crippen LogP contribution in [0.25, 0.3) is 99.6 Å². The first-order valence-electron chi connectivity index (χ1n) is 17.5. The van der Waals surface area contributed by atoms with E-state index in [4.69, 9.17) is 15.0 Å². The molecule has 5 heteroatoms. The fraction of sp³-hybridized carbons (Fsp3) is 0. The Kier molecular flexibility index (Phi) is 6.18. The van der Waals surface area contributed by atoms with Gasteiger partial charge in [-0.15, -0.1) is 0 Å². The Morgan fingerprint density at radius 3 is 1.73 bits per heavy atom. The predicted molar refractivity (Wildman–Crippen MR) is 214 cm³/mol. The van der Waals surface area contributed by atoms with E-state index in [9.17, 15) is 0 Å². The van der Waals surface area contributed by atoms with Crippen LogP contribution in [0.1, 0.15) is 0 Å². The Bertz CT molecular complexity index is 3180. The lowest BCUT2D eigenvalue weighted by atomic mass is 10.0. The van der Waals surface area contributed by atoms with Gasteiger partial charge in [-0.25, -0.2) is 4.98 Å². The van der Waals surface area contributed by atoms with E-state index in [1.54, 1.807) is 0 Å². The summed E-state index contributed by atoms with van der Waals surface area (Å²) in [5.74, 6) is 1.85. The number of rotatable bonds is 4. The van der Waals surface area contributed by atoms with Crippen molar-refractivity contribution < 1.29 is 0 Å². The molecular formula is C47H29N5. The average Bonchev–Trinajstić information content (AvgIpc) is 3.72. The van der Waals surface area contributed by atoms with E-state index in [-0.39, 0.29) is 0 Å². The van der Waals surface area contributed by atoms with Crippen LogP contribution in [0.2, 0.25) is 0 Å². The van der Waals surface area contributed by atoms with Crippen LogP contribution in [0.15, 0.2) is 176 Å². The van der Waals surface area contributed by atoms with Crippen molar-refractivity contribution in [2.45, 2.75) is 0 Å². The van der Waals surface area contributed by atoms with Crippen molar-refractivity contribution in [3.05, 3.63) is 176 Å². The monoisotopic (exact) mass is 663 g/mol. The van der Waals surface area contributed by atoms with Gasteiger partial charge in [-0.2, -0.15) is 9.97 Å². The number of nitrogens with zero attached hydrogens (tertiary/aromatic N) is 5. The molecule has 0 spiro atoms. The molecular weight excluding hydrogens is 635 g/mol. The average molecular weight is 664 g/mol. The van der Waals surface area contributed by atoms with Gasteiger partial charge in [0.05, 0.1) is 22.1 Å². The summed E-state index contributed by atoms with van der Waals surface area (Å²) in [4.78, 5) is 15.5. The normalized spacial score (nSPS) is 11.8. The van der Waals surface area contributed by atoms with Crippen molar-refractivity contribution in [1.29, 1.82) is 0 Å². The molecule has 0 unspecified atom stereocenters. The largest absolute Gasteiger partial charge is 0.309 e. The lowest BCUT2D eigenvalue weighted by Gasteiger charge is -2.11. The van der Waals surface area contributed by atoms with Gasteiger partial charge in [0.2, 0.25) is 5.95 Å². The molecule has 3 aromatic heterocycles. The van der Waals surface area contributed by atoms with Crippen LogP contribution < -0.4 is 0 Å². The van der Waals surface area contributed by atoms with Crippen LogP contribution in [-0.2, 0) is 0 Å². The maximum Gasteiger partial charge on any atom is 0.238 e. The van der Waals surface area contributed by atoms with Crippen molar-refractivity contribution in [2.75, 3.05) is 0 Å². The Labute approximate surface area is 298 Å². The zero-order valence-corrected chi connectivity index (χ0v) is 28.0. The summed E-state index contributed by atoms with van der Waals surface area (Å²) in [7, 11) is 0. The third kappa shape index (κ3) is 4.33. The van der Waals surface area contributed by atoms with E-state index in [1.165, 1.54) is 32.4 Å². The molecule has 242 valence electrons. The zero-order valence-electron chi connectivity index (χ0n) is 28.0. The number of aromatic nitrogens is 5. The van der Waals surface area contributed by atoms with Gasteiger partial charge >= 0.3 is 0 Å². The molecule has 0 aliphatic rings. The second-order valence-electron chi connectivity index (χ2n) is 13.3. The number of para-hydroxylation sites is 2. The summed E-state index contributed by atoms with van der Waals surface area (Å²) in [6.45, 7) is 0. The minimum Gasteiger partial charge on any atom is -0.309 e. The Morgan fingerprint density at radius 2 is 0.923 bits per heavy atom. The molecule has 52 heavy (non-hydrogen) atoms. The highest BCUT2D eigenvalue weighted by molar-refractivity contribution is 6.23. The quantitative estimate of drug-likeness (QED) is 0.188. The predicted octanol–water partition coefficient (Wildman–Crippen LogP) is 11.7. The maximum atomic E-state index is 5.25. The number of hydrogen-bond donors (Lipinski definition) is 0. The summed E-state index contributed by atoms with van der Waals surface area (Å²) >= 11 is 0. The molecule has 0 saturated heterocycles. The van der Waals surface area contributed by atoms with Crippen LogP contribution in [-0.4, -0.2) is 24.1 Å². The van der Waals surface area contributed by atoms with Gasteiger partial charge in [0.1, 0.15) is 0 Å². The first-order valence-corrected chi connectivity index (χ1v) is 17.5. The molecule has 3 heterocycles. The van der Waals surface area contributed by atoms with E-state index >= 15 is 0 Å². The summed E-state index contributed by atoms with van der Waals surface area (Å²) in [6, 6.07) is 62.1. The standard InChI is InChI=1S/C47H29N5/c1-3-15-32(16-4-1)45-48-46(34-24-23-30-13-7-8-17-33(30)27-34)50-47(49-45)52-41-22-12-11-21-37(41)39-28-42-40(29-43(39)52)38-26-25-31-14-9-10-20-36(31)44(38)51(42)35-18-5-2-6-19-35/h1-29H. The van der Waals surface area contributed by atoms with Crippen LogP contribution in [0, 0.1) is 0 Å². The topological polar surface area (TPSA) is 48.5 Å². The van der Waals surface area contributed by atoms with E-state index in [2.05, 4.69) is 167 Å². The Balaban J connectivity index is 1.25. The van der Waals surface area contributed by atoms with Crippen molar-refractivity contribution in [3.8, 4) is 34.4 Å². The summed E-state index contributed by atoms with van der Waals surface area (Å²) in [5.41, 5.74) is 7.46. The molecule has 0 amide bonds. The van der Waals surface area contributed by atoms with Gasteiger partial charge in [0, 0.05) is 43.7 Å². The third-order valence-electron chi connectivity index (χ3n) is 10.3. The summed E-state index contributed by atoms with van der Waals surface area (Å²) in [5, 5.41) is 9.42. The molecule has 5 nitrogen and oxygen atoms in total. The number of hydrogen-bond acceptors (Lipinski definition) is 3. The Morgan fingerprint density at radius 1 is 0.327 bits per heavy atom. The molecule has 8 aromatic carbocycles. The van der Waals surface area contributed by atoms with Crippen molar-refractivity contribution in [2.24, 2.45) is 0 Å². The maximum absolute atomic E-state index is 5.25. The van der Waals surface area contributed by atoms with Crippen molar-refractivity contribution in [1.82, 2.24) is 24.1 Å². The highest BCUT2D eigenvalue weighted by Gasteiger charge is 2.22. The van der Waals surface area contributed by atoms with Crippen LogP contribution in [0.5, 0.6) is 0 Å². The second-order valence-corrected chi connectivity index (χ2v) is 13.3. The molecule has 0 N–H and O–H groups in total. The summed E-state index contributed by atoms with van der Waals surface area (Å²) in [6.07, 6.45) is 0.